The maximum atomic E-state index is 12.4. The third kappa shape index (κ3) is 3.01. The lowest BCUT2D eigenvalue weighted by Crippen LogP contribution is -2.32. The summed E-state index contributed by atoms with van der Waals surface area (Å²) in [5.74, 6) is 0.618. The monoisotopic (exact) mass is 300 g/mol. The topological polar surface area (TPSA) is 69.0 Å². The van der Waals surface area contributed by atoms with Crippen LogP contribution in [0.15, 0.2) is 30.6 Å². The molecule has 6 heteroatoms. The Hall–Kier alpha value is -2.21. The molecule has 1 aliphatic heterocycles. The van der Waals surface area contributed by atoms with E-state index in [9.17, 15) is 4.79 Å². The average molecular weight is 300 g/mol. The number of pyridine rings is 1. The number of hydrogen-bond acceptors (Lipinski definition) is 4. The number of nitrogens with zero attached hydrogens (tertiary/aromatic N) is 3. The van der Waals surface area contributed by atoms with Crippen molar-refractivity contribution in [1.82, 2.24) is 20.1 Å². The fourth-order valence-corrected chi connectivity index (χ4v) is 2.69. The third-order valence-electron chi connectivity index (χ3n) is 3.83. The van der Waals surface area contributed by atoms with Crippen LogP contribution in [0.2, 0.25) is 0 Å². The molecule has 1 amide bonds. The molecule has 0 spiro atoms. The SMILES string of the molecule is CCc1c(C(=O)NC[C@H]2CCCO2)cnn1-c1ccccn1. The first-order valence-corrected chi connectivity index (χ1v) is 7.67. The second-order valence-electron chi connectivity index (χ2n) is 5.30. The molecule has 6 nitrogen and oxygen atoms in total. The van der Waals surface area contributed by atoms with Gasteiger partial charge in [-0.25, -0.2) is 9.67 Å². The van der Waals surface area contributed by atoms with E-state index < -0.39 is 0 Å². The van der Waals surface area contributed by atoms with Crippen molar-refractivity contribution >= 4 is 5.91 Å². The molecule has 1 aliphatic rings. The fraction of sp³-hybridized carbons (Fsp3) is 0.438. The number of rotatable bonds is 5. The van der Waals surface area contributed by atoms with E-state index in [1.807, 2.05) is 25.1 Å². The predicted molar refractivity (Wildman–Crippen MR) is 82.0 cm³/mol. The zero-order valence-corrected chi connectivity index (χ0v) is 12.7. The van der Waals surface area contributed by atoms with Gasteiger partial charge < -0.3 is 10.1 Å². The first kappa shape index (κ1) is 14.7. The van der Waals surface area contributed by atoms with Gasteiger partial charge in [0.2, 0.25) is 0 Å². The van der Waals surface area contributed by atoms with E-state index in [0.717, 1.165) is 31.0 Å². The van der Waals surface area contributed by atoms with Crippen LogP contribution in [0.25, 0.3) is 5.82 Å². The molecule has 0 saturated carbocycles. The number of aromatic nitrogens is 3. The van der Waals surface area contributed by atoms with Gasteiger partial charge in [-0.05, 0) is 31.4 Å². The van der Waals surface area contributed by atoms with E-state index in [1.165, 1.54) is 0 Å². The van der Waals surface area contributed by atoms with Crippen LogP contribution in [0.3, 0.4) is 0 Å². The Balaban J connectivity index is 1.76. The van der Waals surface area contributed by atoms with Gasteiger partial charge in [0.15, 0.2) is 5.82 Å². The number of ether oxygens (including phenoxy) is 1. The van der Waals surface area contributed by atoms with E-state index in [1.54, 1.807) is 17.1 Å². The van der Waals surface area contributed by atoms with Crippen LogP contribution in [0, 0.1) is 0 Å². The van der Waals surface area contributed by atoms with Crippen molar-refractivity contribution in [1.29, 1.82) is 0 Å². The Morgan fingerprint density at radius 3 is 3.09 bits per heavy atom. The number of carbonyl (C=O) groups is 1. The van der Waals surface area contributed by atoms with Crippen molar-refractivity contribution in [2.75, 3.05) is 13.2 Å². The largest absolute Gasteiger partial charge is 0.376 e. The maximum absolute atomic E-state index is 12.4. The molecule has 3 rings (SSSR count). The molecular weight excluding hydrogens is 280 g/mol. The van der Waals surface area contributed by atoms with Gasteiger partial charge in [-0.15, -0.1) is 0 Å². The average Bonchev–Trinajstić information content (AvgIpc) is 3.22. The Bertz CT molecular complexity index is 633. The Morgan fingerprint density at radius 1 is 1.50 bits per heavy atom. The highest BCUT2D eigenvalue weighted by Crippen LogP contribution is 2.15. The summed E-state index contributed by atoms with van der Waals surface area (Å²) >= 11 is 0. The van der Waals surface area contributed by atoms with Gasteiger partial charge in [0.05, 0.1) is 23.6 Å². The number of carbonyl (C=O) groups excluding carboxylic acids is 1. The van der Waals surface area contributed by atoms with Gasteiger partial charge in [-0.3, -0.25) is 4.79 Å². The summed E-state index contributed by atoms with van der Waals surface area (Å²) in [4.78, 5) is 16.7. The normalized spacial score (nSPS) is 17.6. The summed E-state index contributed by atoms with van der Waals surface area (Å²) in [6, 6.07) is 5.63. The van der Waals surface area contributed by atoms with E-state index in [-0.39, 0.29) is 12.0 Å². The summed E-state index contributed by atoms with van der Waals surface area (Å²) in [5.41, 5.74) is 1.47. The third-order valence-corrected chi connectivity index (χ3v) is 3.83. The van der Waals surface area contributed by atoms with Crippen LogP contribution in [0.5, 0.6) is 0 Å². The molecule has 2 aromatic rings. The minimum absolute atomic E-state index is 0.102. The Labute approximate surface area is 129 Å². The molecule has 0 radical (unpaired) electrons. The number of nitrogens with one attached hydrogen (secondary N) is 1. The molecule has 0 aliphatic carbocycles. The fourth-order valence-electron chi connectivity index (χ4n) is 2.69. The molecule has 116 valence electrons. The molecule has 1 saturated heterocycles. The summed E-state index contributed by atoms with van der Waals surface area (Å²) < 4.78 is 7.25. The standard InChI is InChI=1S/C16H20N4O2/c1-2-14-13(16(21)18-10-12-6-5-9-22-12)11-19-20(14)15-7-3-4-8-17-15/h3-4,7-8,11-12H,2,5-6,9-10H2,1H3,(H,18,21)/t12-/m1/s1. The highest BCUT2D eigenvalue weighted by molar-refractivity contribution is 5.95. The highest BCUT2D eigenvalue weighted by atomic mass is 16.5. The number of amides is 1. The Morgan fingerprint density at radius 2 is 2.41 bits per heavy atom. The van der Waals surface area contributed by atoms with Crippen molar-refractivity contribution in [2.24, 2.45) is 0 Å². The van der Waals surface area contributed by atoms with Gasteiger partial charge in [0.25, 0.3) is 5.91 Å². The van der Waals surface area contributed by atoms with E-state index >= 15 is 0 Å². The van der Waals surface area contributed by atoms with Gasteiger partial charge in [0, 0.05) is 19.3 Å². The molecular formula is C16H20N4O2. The van der Waals surface area contributed by atoms with Crippen molar-refractivity contribution < 1.29 is 9.53 Å². The van der Waals surface area contributed by atoms with E-state index in [4.69, 9.17) is 4.74 Å². The number of hydrogen-bond donors (Lipinski definition) is 1. The van der Waals surface area contributed by atoms with E-state index in [0.29, 0.717) is 18.5 Å². The summed E-state index contributed by atoms with van der Waals surface area (Å²) in [5, 5.41) is 7.26. The second-order valence-corrected chi connectivity index (χ2v) is 5.30. The molecule has 3 heterocycles. The predicted octanol–water partition coefficient (Wildman–Crippen LogP) is 1.74. The molecule has 0 bridgehead atoms. The Kier molecular flexibility index (Phi) is 4.48. The van der Waals surface area contributed by atoms with Crippen molar-refractivity contribution in [3.8, 4) is 5.82 Å². The quantitative estimate of drug-likeness (QED) is 0.913. The lowest BCUT2D eigenvalue weighted by Gasteiger charge is -2.11. The molecule has 22 heavy (non-hydrogen) atoms. The summed E-state index contributed by atoms with van der Waals surface area (Å²) in [7, 11) is 0. The molecule has 1 fully saturated rings. The zero-order valence-electron chi connectivity index (χ0n) is 12.7. The van der Waals surface area contributed by atoms with Crippen molar-refractivity contribution in [2.45, 2.75) is 32.3 Å². The second kappa shape index (κ2) is 6.70. The minimum atomic E-state index is -0.102. The highest BCUT2D eigenvalue weighted by Gasteiger charge is 2.20. The molecule has 0 unspecified atom stereocenters. The summed E-state index contributed by atoms with van der Waals surface area (Å²) in [6.45, 7) is 3.35. The molecule has 1 N–H and O–H groups in total. The van der Waals surface area contributed by atoms with Crippen LogP contribution in [-0.4, -0.2) is 39.9 Å². The van der Waals surface area contributed by atoms with E-state index in [2.05, 4.69) is 15.4 Å². The van der Waals surface area contributed by atoms with Crippen LogP contribution < -0.4 is 5.32 Å². The smallest absolute Gasteiger partial charge is 0.254 e. The van der Waals surface area contributed by atoms with Gasteiger partial charge in [0.1, 0.15) is 0 Å². The molecule has 2 aromatic heterocycles. The minimum Gasteiger partial charge on any atom is -0.376 e. The van der Waals surface area contributed by atoms with Crippen molar-refractivity contribution in [3.05, 3.63) is 41.9 Å². The van der Waals surface area contributed by atoms with Crippen LogP contribution >= 0.6 is 0 Å². The van der Waals surface area contributed by atoms with Crippen molar-refractivity contribution in [3.63, 3.8) is 0 Å². The van der Waals surface area contributed by atoms with Crippen LogP contribution in [0.4, 0.5) is 0 Å². The summed E-state index contributed by atoms with van der Waals surface area (Å²) in [6.07, 6.45) is 6.25. The van der Waals surface area contributed by atoms with Crippen LogP contribution in [-0.2, 0) is 11.2 Å². The zero-order chi connectivity index (χ0) is 15.4. The first-order chi connectivity index (χ1) is 10.8. The molecule has 0 aromatic carbocycles. The maximum Gasteiger partial charge on any atom is 0.254 e. The van der Waals surface area contributed by atoms with Gasteiger partial charge in [-0.1, -0.05) is 13.0 Å². The van der Waals surface area contributed by atoms with Gasteiger partial charge >= 0.3 is 0 Å². The molecule has 1 atom stereocenters. The lowest BCUT2D eigenvalue weighted by molar-refractivity contribution is 0.0857. The van der Waals surface area contributed by atoms with Gasteiger partial charge in [-0.2, -0.15) is 5.10 Å². The lowest BCUT2D eigenvalue weighted by atomic mass is 10.2. The first-order valence-electron chi connectivity index (χ1n) is 7.67. The van der Waals surface area contributed by atoms with Crippen LogP contribution in [0.1, 0.15) is 35.8 Å².